The van der Waals surface area contributed by atoms with Crippen molar-refractivity contribution in [3.8, 4) is 5.75 Å². The third-order valence-corrected chi connectivity index (χ3v) is 5.67. The van der Waals surface area contributed by atoms with Crippen LogP contribution in [0.4, 0.5) is 11.4 Å². The second-order valence-electron chi connectivity index (χ2n) is 6.41. The maximum Gasteiger partial charge on any atom is 0.337 e. The van der Waals surface area contributed by atoms with Crippen LogP contribution < -0.4 is 10.1 Å². The van der Waals surface area contributed by atoms with Crippen molar-refractivity contribution in [1.82, 2.24) is 4.90 Å². The van der Waals surface area contributed by atoms with Crippen LogP contribution in [0.5, 0.6) is 5.75 Å². The molecule has 0 saturated carbocycles. The highest BCUT2D eigenvalue weighted by Crippen LogP contribution is 2.29. The van der Waals surface area contributed by atoms with Gasteiger partial charge >= 0.3 is 5.97 Å². The summed E-state index contributed by atoms with van der Waals surface area (Å²) in [6.07, 6.45) is 0.0644. The van der Waals surface area contributed by atoms with Gasteiger partial charge in [-0.25, -0.2) is 9.79 Å². The Hall–Kier alpha value is -3.33. The number of aliphatic imine (C=N–C) groups is 1. The Morgan fingerprint density at radius 1 is 1.10 bits per heavy atom. The SMILES string of the molecule is COC(=O)c1ccc(NC(=O)[C@H]2CC(=O)N(C)C(=Nc3ccc(OC)cc3)S2)cc1. The zero-order valence-electron chi connectivity index (χ0n) is 16.7. The lowest BCUT2D eigenvalue weighted by Gasteiger charge is -2.28. The zero-order chi connectivity index (χ0) is 21.7. The summed E-state index contributed by atoms with van der Waals surface area (Å²) in [5.41, 5.74) is 1.55. The first-order chi connectivity index (χ1) is 14.4. The van der Waals surface area contributed by atoms with Gasteiger partial charge in [-0.05, 0) is 48.5 Å². The number of hydrogen-bond donors (Lipinski definition) is 1. The van der Waals surface area contributed by atoms with Crippen LogP contribution in [0, 0.1) is 0 Å². The molecule has 2 aromatic rings. The van der Waals surface area contributed by atoms with Gasteiger partial charge in [0.25, 0.3) is 0 Å². The molecule has 3 rings (SSSR count). The minimum atomic E-state index is -0.619. The molecule has 1 heterocycles. The second-order valence-corrected chi connectivity index (χ2v) is 7.58. The highest BCUT2D eigenvalue weighted by atomic mass is 32.2. The van der Waals surface area contributed by atoms with Gasteiger partial charge in [-0.15, -0.1) is 0 Å². The number of benzene rings is 2. The van der Waals surface area contributed by atoms with Gasteiger partial charge in [0, 0.05) is 19.2 Å². The maximum absolute atomic E-state index is 12.7. The van der Waals surface area contributed by atoms with E-state index in [1.165, 1.54) is 23.8 Å². The molecule has 1 aliphatic heterocycles. The van der Waals surface area contributed by atoms with Crippen molar-refractivity contribution in [2.45, 2.75) is 11.7 Å². The van der Waals surface area contributed by atoms with Crippen molar-refractivity contribution in [2.24, 2.45) is 4.99 Å². The highest BCUT2D eigenvalue weighted by molar-refractivity contribution is 8.15. The van der Waals surface area contributed by atoms with Gasteiger partial charge in [-0.2, -0.15) is 0 Å². The molecular weight excluding hydrogens is 406 g/mol. The lowest BCUT2D eigenvalue weighted by Crippen LogP contribution is -2.43. The van der Waals surface area contributed by atoms with E-state index in [0.717, 1.165) is 0 Å². The maximum atomic E-state index is 12.7. The van der Waals surface area contributed by atoms with E-state index in [4.69, 9.17) is 4.74 Å². The number of carbonyl (C=O) groups is 3. The first-order valence-corrected chi connectivity index (χ1v) is 9.94. The fraction of sp³-hybridized carbons (Fsp3) is 0.238. The third-order valence-electron chi connectivity index (χ3n) is 4.43. The molecule has 9 heteroatoms. The normalized spacial score (nSPS) is 17.6. The van der Waals surface area contributed by atoms with E-state index >= 15 is 0 Å². The minimum absolute atomic E-state index is 0.0644. The summed E-state index contributed by atoms with van der Waals surface area (Å²) < 4.78 is 9.79. The molecule has 0 spiro atoms. The average Bonchev–Trinajstić information content (AvgIpc) is 2.77. The van der Waals surface area contributed by atoms with Gasteiger partial charge in [0.1, 0.15) is 11.0 Å². The molecule has 0 bridgehead atoms. The van der Waals surface area contributed by atoms with Crippen LogP contribution in [-0.4, -0.2) is 54.4 Å². The number of amides is 2. The van der Waals surface area contributed by atoms with Crippen LogP contribution in [0.3, 0.4) is 0 Å². The molecule has 1 saturated heterocycles. The van der Waals surface area contributed by atoms with E-state index < -0.39 is 11.2 Å². The van der Waals surface area contributed by atoms with E-state index in [9.17, 15) is 14.4 Å². The van der Waals surface area contributed by atoms with Crippen LogP contribution in [0.2, 0.25) is 0 Å². The quantitative estimate of drug-likeness (QED) is 0.737. The fourth-order valence-corrected chi connectivity index (χ4v) is 3.76. The number of amidine groups is 1. The minimum Gasteiger partial charge on any atom is -0.497 e. The molecular formula is C21H21N3O5S. The molecule has 1 atom stereocenters. The molecule has 0 radical (unpaired) electrons. The molecule has 30 heavy (non-hydrogen) atoms. The molecule has 2 aromatic carbocycles. The summed E-state index contributed by atoms with van der Waals surface area (Å²) in [6.45, 7) is 0. The number of hydrogen-bond acceptors (Lipinski definition) is 7. The summed E-state index contributed by atoms with van der Waals surface area (Å²) >= 11 is 1.22. The van der Waals surface area contributed by atoms with Crippen molar-refractivity contribution >= 4 is 46.1 Å². The molecule has 0 aromatic heterocycles. The molecule has 156 valence electrons. The molecule has 2 amide bonds. The van der Waals surface area contributed by atoms with Crippen molar-refractivity contribution in [3.63, 3.8) is 0 Å². The van der Waals surface area contributed by atoms with Gasteiger partial charge in [-0.3, -0.25) is 14.5 Å². The predicted molar refractivity (Wildman–Crippen MR) is 115 cm³/mol. The lowest BCUT2D eigenvalue weighted by atomic mass is 10.2. The van der Waals surface area contributed by atoms with E-state index in [1.807, 2.05) is 0 Å². The van der Waals surface area contributed by atoms with Crippen molar-refractivity contribution in [3.05, 3.63) is 54.1 Å². The number of esters is 1. The fourth-order valence-electron chi connectivity index (χ4n) is 2.70. The molecule has 1 N–H and O–H groups in total. The monoisotopic (exact) mass is 427 g/mol. The van der Waals surface area contributed by atoms with Crippen molar-refractivity contribution < 1.29 is 23.9 Å². The predicted octanol–water partition coefficient (Wildman–Crippen LogP) is 3.07. The Morgan fingerprint density at radius 2 is 1.77 bits per heavy atom. The van der Waals surface area contributed by atoms with Crippen LogP contribution in [0.1, 0.15) is 16.8 Å². The number of nitrogens with zero attached hydrogens (tertiary/aromatic N) is 2. The van der Waals surface area contributed by atoms with Crippen molar-refractivity contribution in [1.29, 1.82) is 0 Å². The second kappa shape index (κ2) is 9.45. The lowest BCUT2D eigenvalue weighted by molar-refractivity contribution is -0.128. The Balaban J connectivity index is 1.72. The van der Waals surface area contributed by atoms with Gasteiger partial charge in [-0.1, -0.05) is 11.8 Å². The first-order valence-electron chi connectivity index (χ1n) is 9.06. The number of ether oxygens (including phenoxy) is 2. The smallest absolute Gasteiger partial charge is 0.337 e. The molecule has 1 fully saturated rings. The first kappa shape index (κ1) is 21.4. The largest absolute Gasteiger partial charge is 0.497 e. The van der Waals surface area contributed by atoms with Crippen LogP contribution in [0.15, 0.2) is 53.5 Å². The number of thioether (sulfide) groups is 1. The van der Waals surface area contributed by atoms with Crippen LogP contribution in [-0.2, 0) is 14.3 Å². The zero-order valence-corrected chi connectivity index (χ0v) is 17.6. The van der Waals surface area contributed by atoms with E-state index in [1.54, 1.807) is 62.7 Å². The summed E-state index contributed by atoms with van der Waals surface area (Å²) in [5, 5.41) is 2.60. The summed E-state index contributed by atoms with van der Waals surface area (Å²) in [5.74, 6) is -0.254. The summed E-state index contributed by atoms with van der Waals surface area (Å²) in [4.78, 5) is 42.6. The average molecular weight is 427 g/mol. The number of rotatable bonds is 5. The standard InChI is InChI=1S/C21H21N3O5S/c1-24-18(25)12-17(30-21(24)23-15-8-10-16(28-2)11-9-15)19(26)22-14-6-4-13(5-7-14)20(27)29-3/h4-11,17H,12H2,1-3H3,(H,22,26)/t17-/m1/s1. The molecule has 0 aliphatic carbocycles. The van der Waals surface area contributed by atoms with E-state index in [0.29, 0.717) is 27.9 Å². The van der Waals surface area contributed by atoms with Gasteiger partial charge in [0.2, 0.25) is 11.8 Å². The van der Waals surface area contributed by atoms with Gasteiger partial charge < -0.3 is 14.8 Å². The topological polar surface area (TPSA) is 97.3 Å². The Labute approximate surface area is 178 Å². The number of nitrogens with one attached hydrogen (secondary N) is 1. The number of methoxy groups -OCH3 is 2. The van der Waals surface area contributed by atoms with E-state index in [-0.39, 0.29) is 18.2 Å². The third kappa shape index (κ3) is 4.98. The van der Waals surface area contributed by atoms with E-state index in [2.05, 4.69) is 15.0 Å². The van der Waals surface area contributed by atoms with Gasteiger partial charge in [0.05, 0.1) is 25.5 Å². The van der Waals surface area contributed by atoms with Crippen molar-refractivity contribution in [2.75, 3.05) is 26.6 Å². The highest BCUT2D eigenvalue weighted by Gasteiger charge is 2.34. The number of anilines is 1. The molecule has 8 nitrogen and oxygen atoms in total. The summed E-state index contributed by atoms with van der Waals surface area (Å²) in [7, 11) is 4.52. The summed E-state index contributed by atoms with van der Waals surface area (Å²) in [6, 6.07) is 13.4. The Morgan fingerprint density at radius 3 is 2.37 bits per heavy atom. The Kier molecular flexibility index (Phi) is 6.73. The molecule has 0 unspecified atom stereocenters. The van der Waals surface area contributed by atoms with Crippen LogP contribution in [0.25, 0.3) is 0 Å². The Bertz CT molecular complexity index is 973. The molecule has 1 aliphatic rings. The van der Waals surface area contributed by atoms with Crippen LogP contribution >= 0.6 is 11.8 Å². The number of carbonyl (C=O) groups excluding carboxylic acids is 3. The van der Waals surface area contributed by atoms with Gasteiger partial charge in [0.15, 0.2) is 5.17 Å².